The molecule has 0 saturated heterocycles. The van der Waals surface area contributed by atoms with Gasteiger partial charge in [-0.1, -0.05) is 121 Å². The van der Waals surface area contributed by atoms with Crippen LogP contribution in [0.1, 0.15) is 5.56 Å². The van der Waals surface area contributed by atoms with Gasteiger partial charge in [0, 0.05) is 37.2 Å². The first-order valence-corrected chi connectivity index (χ1v) is 16.2. The fourth-order valence-corrected chi connectivity index (χ4v) is 7.39. The monoisotopic (exact) mass is 593 g/mol. The highest BCUT2D eigenvalue weighted by Crippen LogP contribution is 2.41. The van der Waals surface area contributed by atoms with E-state index in [-0.39, 0.29) is 0 Å². The second-order valence-electron chi connectivity index (χ2n) is 11.5. The summed E-state index contributed by atoms with van der Waals surface area (Å²) in [5, 5.41) is 2.67. The number of benzene rings is 7. The molecule has 0 spiro atoms. The second-order valence-corrected chi connectivity index (χ2v) is 12.6. The Hall–Kier alpha value is -5.44. The van der Waals surface area contributed by atoms with Crippen LogP contribution in [-0.2, 0) is 0 Å². The molecule has 1 aromatic heterocycles. The molecule has 0 N–H and O–H groups in total. The molecule has 1 nitrogen and oxygen atoms in total. The van der Waals surface area contributed by atoms with E-state index in [0.717, 1.165) is 17.1 Å². The summed E-state index contributed by atoms with van der Waals surface area (Å²) in [6.07, 6.45) is 0. The molecule has 1 heterocycles. The van der Waals surface area contributed by atoms with Crippen LogP contribution in [0.5, 0.6) is 0 Å². The lowest BCUT2D eigenvalue weighted by atomic mass is 9.96. The van der Waals surface area contributed by atoms with Crippen LogP contribution in [0, 0.1) is 6.92 Å². The van der Waals surface area contributed by atoms with Crippen LogP contribution in [0.2, 0.25) is 0 Å². The molecule has 0 amide bonds. The van der Waals surface area contributed by atoms with Gasteiger partial charge in [-0.25, -0.2) is 0 Å². The quantitative estimate of drug-likeness (QED) is 0.185. The van der Waals surface area contributed by atoms with Gasteiger partial charge in [0.15, 0.2) is 0 Å². The Morgan fingerprint density at radius 2 is 0.911 bits per heavy atom. The third-order valence-electron chi connectivity index (χ3n) is 8.56. The molecule has 0 radical (unpaired) electrons. The van der Waals surface area contributed by atoms with Crippen molar-refractivity contribution in [1.29, 1.82) is 0 Å². The van der Waals surface area contributed by atoms with Crippen LogP contribution in [0.15, 0.2) is 170 Å². The largest absolute Gasteiger partial charge is 0.311 e. The zero-order valence-corrected chi connectivity index (χ0v) is 25.8. The Morgan fingerprint density at radius 1 is 0.400 bits per heavy atom. The van der Waals surface area contributed by atoms with E-state index in [0.29, 0.717) is 0 Å². The number of hydrogen-bond donors (Lipinski definition) is 0. The lowest BCUT2D eigenvalue weighted by Gasteiger charge is -2.26. The maximum atomic E-state index is 2.33. The number of hydrogen-bond acceptors (Lipinski definition) is 2. The van der Waals surface area contributed by atoms with Crippen molar-refractivity contribution in [1.82, 2.24) is 0 Å². The molecule has 8 rings (SSSR count). The first-order chi connectivity index (χ1) is 22.2. The second kappa shape index (κ2) is 11.6. The third-order valence-corrected chi connectivity index (χ3v) is 9.70. The van der Waals surface area contributed by atoms with Gasteiger partial charge < -0.3 is 4.90 Å². The molecule has 214 valence electrons. The first kappa shape index (κ1) is 27.1. The molecule has 2 heteroatoms. The minimum absolute atomic E-state index is 1.13. The Kier molecular flexibility index (Phi) is 6.98. The van der Waals surface area contributed by atoms with Crippen molar-refractivity contribution in [3.8, 4) is 33.4 Å². The number of fused-ring (bicyclic) bond motifs is 3. The predicted molar refractivity (Wildman–Crippen MR) is 195 cm³/mol. The van der Waals surface area contributed by atoms with Gasteiger partial charge in [0.2, 0.25) is 0 Å². The van der Waals surface area contributed by atoms with Crippen molar-refractivity contribution in [2.45, 2.75) is 6.92 Å². The molecular formula is C43H31NS. The van der Waals surface area contributed by atoms with Gasteiger partial charge in [-0.15, -0.1) is 11.3 Å². The Balaban J connectivity index is 1.16. The first-order valence-electron chi connectivity index (χ1n) is 15.3. The van der Waals surface area contributed by atoms with Crippen LogP contribution in [-0.4, -0.2) is 0 Å². The summed E-state index contributed by atoms with van der Waals surface area (Å²) in [6.45, 7) is 2.13. The number of rotatable bonds is 6. The van der Waals surface area contributed by atoms with E-state index in [9.17, 15) is 0 Å². The van der Waals surface area contributed by atoms with Gasteiger partial charge in [-0.3, -0.25) is 0 Å². The summed E-state index contributed by atoms with van der Waals surface area (Å²) in [7, 11) is 0. The van der Waals surface area contributed by atoms with E-state index in [1.54, 1.807) is 0 Å². The van der Waals surface area contributed by atoms with Crippen LogP contribution in [0.3, 0.4) is 0 Å². The molecular weight excluding hydrogens is 563 g/mol. The predicted octanol–water partition coefficient (Wildman–Crippen LogP) is 12.8. The highest BCUT2D eigenvalue weighted by atomic mass is 32.1. The molecule has 7 aromatic carbocycles. The topological polar surface area (TPSA) is 3.24 Å². The molecule has 0 fully saturated rings. The van der Waals surface area contributed by atoms with Gasteiger partial charge >= 0.3 is 0 Å². The van der Waals surface area contributed by atoms with E-state index in [1.165, 1.54) is 59.1 Å². The van der Waals surface area contributed by atoms with Crippen molar-refractivity contribution in [3.05, 3.63) is 175 Å². The molecule has 0 aliphatic carbocycles. The molecule has 8 aromatic rings. The smallest absolute Gasteiger partial charge is 0.0462 e. The Bertz CT molecular complexity index is 2240. The maximum absolute atomic E-state index is 2.33. The molecule has 45 heavy (non-hydrogen) atoms. The zero-order chi connectivity index (χ0) is 30.2. The van der Waals surface area contributed by atoms with Gasteiger partial charge in [-0.05, 0) is 94.9 Å². The number of anilines is 3. The molecule has 0 aliphatic heterocycles. The summed E-state index contributed by atoms with van der Waals surface area (Å²) in [5.74, 6) is 0. The third kappa shape index (κ3) is 5.20. The van der Waals surface area contributed by atoms with Crippen molar-refractivity contribution in [3.63, 3.8) is 0 Å². The van der Waals surface area contributed by atoms with E-state index in [4.69, 9.17) is 0 Å². The molecule has 0 atom stereocenters. The Labute approximate surface area is 268 Å². The maximum Gasteiger partial charge on any atom is 0.0462 e. The molecule has 0 saturated carbocycles. The SMILES string of the molecule is Cc1ccc(N(c2ccc(-c3ccccc3)cc2)c2ccc(-c3cccc(-c4cccc5sc6ccccc6c45)c3)cc2)cc1. The van der Waals surface area contributed by atoms with E-state index >= 15 is 0 Å². The summed E-state index contributed by atoms with van der Waals surface area (Å²) in [5.41, 5.74) is 12.0. The average molecular weight is 594 g/mol. The lowest BCUT2D eigenvalue weighted by Crippen LogP contribution is -2.09. The highest BCUT2D eigenvalue weighted by Gasteiger charge is 2.14. The van der Waals surface area contributed by atoms with Crippen LogP contribution in [0.25, 0.3) is 53.6 Å². The Morgan fingerprint density at radius 3 is 1.62 bits per heavy atom. The zero-order valence-electron chi connectivity index (χ0n) is 25.0. The summed E-state index contributed by atoms with van der Waals surface area (Å²) < 4.78 is 2.66. The molecule has 0 bridgehead atoms. The van der Waals surface area contributed by atoms with Gasteiger partial charge in [-0.2, -0.15) is 0 Å². The fourth-order valence-electron chi connectivity index (χ4n) is 6.26. The van der Waals surface area contributed by atoms with Crippen LogP contribution >= 0.6 is 11.3 Å². The molecule has 0 aliphatic rings. The summed E-state index contributed by atoms with van der Waals surface area (Å²) in [4.78, 5) is 2.33. The summed E-state index contributed by atoms with van der Waals surface area (Å²) in [6, 6.07) is 61.5. The number of nitrogens with zero attached hydrogens (tertiary/aromatic N) is 1. The van der Waals surface area contributed by atoms with Crippen molar-refractivity contribution in [2.75, 3.05) is 4.90 Å². The standard InChI is InChI=1S/C43H31NS/c1-30-17-23-36(24-18-30)44(37-25-19-32(20-26-37)31-9-3-2-4-10-31)38-27-21-33(22-28-38)34-11-7-12-35(29-34)39-14-8-16-42-43(39)40-13-5-6-15-41(40)45-42/h2-29H,1H3. The number of thiophene rings is 1. The van der Waals surface area contributed by atoms with Gasteiger partial charge in [0.05, 0.1) is 0 Å². The fraction of sp³-hybridized carbons (Fsp3) is 0.0233. The van der Waals surface area contributed by atoms with E-state index in [1.807, 2.05) is 11.3 Å². The van der Waals surface area contributed by atoms with E-state index < -0.39 is 0 Å². The van der Waals surface area contributed by atoms with Crippen molar-refractivity contribution in [2.24, 2.45) is 0 Å². The normalized spacial score (nSPS) is 11.2. The minimum Gasteiger partial charge on any atom is -0.311 e. The van der Waals surface area contributed by atoms with Gasteiger partial charge in [0.1, 0.15) is 0 Å². The lowest BCUT2D eigenvalue weighted by molar-refractivity contribution is 1.27. The van der Waals surface area contributed by atoms with Crippen LogP contribution in [0.4, 0.5) is 17.1 Å². The molecule has 0 unspecified atom stereocenters. The minimum atomic E-state index is 1.13. The number of aryl methyl sites for hydroxylation is 1. The van der Waals surface area contributed by atoms with Crippen molar-refractivity contribution < 1.29 is 0 Å². The van der Waals surface area contributed by atoms with Crippen LogP contribution < -0.4 is 4.90 Å². The van der Waals surface area contributed by atoms with Gasteiger partial charge in [0.25, 0.3) is 0 Å². The van der Waals surface area contributed by atoms with E-state index in [2.05, 4.69) is 182 Å². The highest BCUT2D eigenvalue weighted by molar-refractivity contribution is 7.25. The average Bonchev–Trinajstić information content (AvgIpc) is 3.49. The summed E-state index contributed by atoms with van der Waals surface area (Å²) >= 11 is 1.87. The van der Waals surface area contributed by atoms with Crippen molar-refractivity contribution >= 4 is 48.6 Å².